The maximum absolute atomic E-state index is 8.52. The molecule has 0 saturated heterocycles. The minimum atomic E-state index is -5.17. The van der Waals surface area contributed by atoms with Crippen LogP contribution in [0, 0.1) is 0 Å². The predicted molar refractivity (Wildman–Crippen MR) is 10.5 cm³/mol. The van der Waals surface area contributed by atoms with Crippen LogP contribution >= 0.6 is 0 Å². The second kappa shape index (κ2) is 5.05. The van der Waals surface area contributed by atoms with Crippen LogP contribution in [-0.4, -0.2) is 17.5 Å². The van der Waals surface area contributed by atoms with Gasteiger partial charge in [-0.05, 0) is 0 Å². The van der Waals surface area contributed by atoms with Crippen LogP contribution in [0.25, 0.3) is 0 Å². The van der Waals surface area contributed by atoms with Crippen LogP contribution in [0.15, 0.2) is 0 Å². The average Bonchev–Trinajstić information content (AvgIpc) is 0.722. The van der Waals surface area contributed by atoms with Gasteiger partial charge in [-0.15, -0.1) is 0 Å². The smallest absolute Gasteiger partial charge is 0.759 e. The second-order valence-electron chi connectivity index (χ2n) is 0.408. The molecule has 0 spiro atoms. The summed E-state index contributed by atoms with van der Waals surface area (Å²) in [6.07, 6.45) is 0. The zero-order valence-corrected chi connectivity index (χ0v) is 5.87. The van der Waals surface area contributed by atoms with Gasteiger partial charge < -0.3 is 9.11 Å². The van der Waals surface area contributed by atoms with Crippen LogP contribution in [0.5, 0.6) is 0 Å². The van der Waals surface area contributed by atoms with Gasteiger partial charge in [-0.25, -0.2) is 0 Å². The van der Waals surface area contributed by atoms with Gasteiger partial charge in [-0.2, -0.15) is 0 Å². The zero-order valence-electron chi connectivity index (χ0n) is 2.77. The van der Waals surface area contributed by atoms with Gasteiger partial charge in [0, 0.05) is 27.5 Å². The molecule has 0 aliphatic heterocycles. The summed E-state index contributed by atoms with van der Waals surface area (Å²) in [5, 5.41) is 0. The molecule has 0 unspecified atom stereocenters. The molecule has 0 aromatic heterocycles. The third-order valence-corrected chi connectivity index (χ3v) is 0. The summed E-state index contributed by atoms with van der Waals surface area (Å²) in [6.45, 7) is 0. The van der Waals surface area contributed by atoms with E-state index in [0.717, 1.165) is 0 Å². The van der Waals surface area contributed by atoms with Crippen molar-refractivity contribution in [1.29, 1.82) is 0 Å². The molecule has 1 radical (unpaired) electrons. The average molecular weight is 207 g/mol. The van der Waals surface area contributed by atoms with Crippen molar-refractivity contribution in [3.05, 3.63) is 0 Å². The summed E-state index contributed by atoms with van der Waals surface area (Å²) in [6, 6.07) is 0. The first-order valence-corrected chi connectivity index (χ1v) is 2.00. The van der Waals surface area contributed by atoms with E-state index in [1.165, 1.54) is 0 Å². The molecule has 45 valence electrons. The van der Waals surface area contributed by atoms with Gasteiger partial charge in [0.2, 0.25) is 0 Å². The molecule has 0 saturated carbocycles. The zero-order chi connectivity index (χ0) is 4.50. The van der Waals surface area contributed by atoms with E-state index in [-0.39, 0.29) is 34.1 Å². The molecule has 0 bridgehead atoms. The molecular formula is FeMnO4S. The van der Waals surface area contributed by atoms with E-state index >= 15 is 0 Å². The summed E-state index contributed by atoms with van der Waals surface area (Å²) < 4.78 is 34.1. The summed E-state index contributed by atoms with van der Waals surface area (Å²) >= 11 is 0. The van der Waals surface area contributed by atoms with Crippen LogP contribution in [0.2, 0.25) is 0 Å². The van der Waals surface area contributed by atoms with E-state index in [1.54, 1.807) is 0 Å². The molecule has 4 nitrogen and oxygen atoms in total. The fraction of sp³-hybridized carbons (Fsp3) is 0. The first-order chi connectivity index (χ1) is 2.00. The summed E-state index contributed by atoms with van der Waals surface area (Å²) in [5.41, 5.74) is 0. The van der Waals surface area contributed by atoms with Crippen molar-refractivity contribution in [1.82, 2.24) is 0 Å². The minimum Gasteiger partial charge on any atom is -0.759 e. The number of rotatable bonds is 0. The van der Waals surface area contributed by atoms with Crippen molar-refractivity contribution in [3.8, 4) is 0 Å². The molecule has 0 aromatic carbocycles. The van der Waals surface area contributed by atoms with Crippen LogP contribution in [-0.2, 0) is 44.5 Å². The van der Waals surface area contributed by atoms with Gasteiger partial charge in [0.1, 0.15) is 0 Å². The van der Waals surface area contributed by atoms with Crippen LogP contribution in [0.3, 0.4) is 0 Å². The molecule has 0 fully saturated rings. The van der Waals surface area contributed by atoms with Crippen LogP contribution in [0.4, 0.5) is 0 Å². The standard InChI is InChI=1S/Fe.Mn.H2O4S/c;;1-5(2,3)4/h;;(H2,1,2,3,4)/q;+2;/p-2. The Bertz CT molecular complexity index is 94.9. The maximum Gasteiger partial charge on any atom is 2.00 e. The van der Waals surface area contributed by atoms with E-state index in [9.17, 15) is 0 Å². The Morgan fingerprint density at radius 3 is 1.14 bits per heavy atom. The first-order valence-electron chi connectivity index (χ1n) is 0.667. The Hall–Kier alpha value is 0.909. The Balaban J connectivity index is -0.0000000800. The Morgan fingerprint density at radius 2 is 1.14 bits per heavy atom. The summed E-state index contributed by atoms with van der Waals surface area (Å²) in [5.74, 6) is 0. The Labute approximate surface area is 62.2 Å². The van der Waals surface area contributed by atoms with Gasteiger partial charge in [0.25, 0.3) is 0 Å². The van der Waals surface area contributed by atoms with Crippen LogP contribution in [0.1, 0.15) is 0 Å². The van der Waals surface area contributed by atoms with Gasteiger partial charge in [0.15, 0.2) is 0 Å². The normalized spacial score (nSPS) is 8.29. The molecule has 0 aromatic rings. The van der Waals surface area contributed by atoms with E-state index in [0.29, 0.717) is 0 Å². The third kappa shape index (κ3) is 202. The second-order valence-corrected chi connectivity index (χ2v) is 1.22. The maximum atomic E-state index is 8.52. The molecule has 7 heavy (non-hydrogen) atoms. The Kier molecular flexibility index (Phi) is 11.3. The fourth-order valence-electron chi connectivity index (χ4n) is 0. The van der Waals surface area contributed by atoms with Gasteiger partial charge in [-0.3, -0.25) is 8.42 Å². The molecule has 0 heterocycles. The van der Waals surface area contributed by atoms with E-state index < -0.39 is 10.4 Å². The van der Waals surface area contributed by atoms with Gasteiger partial charge in [-0.1, -0.05) is 0 Å². The van der Waals surface area contributed by atoms with Gasteiger partial charge in [0.05, 0.1) is 0 Å². The topological polar surface area (TPSA) is 80.3 Å². The van der Waals surface area contributed by atoms with E-state index in [1.807, 2.05) is 0 Å². The van der Waals surface area contributed by atoms with Crippen molar-refractivity contribution < 1.29 is 51.7 Å². The third-order valence-electron chi connectivity index (χ3n) is 0. The summed E-state index contributed by atoms with van der Waals surface area (Å²) in [4.78, 5) is 0. The Morgan fingerprint density at radius 1 is 1.14 bits per heavy atom. The predicted octanol–water partition coefficient (Wildman–Crippen LogP) is -1.34. The van der Waals surface area contributed by atoms with Crippen molar-refractivity contribution in [2.45, 2.75) is 0 Å². The molecule has 0 aliphatic rings. The van der Waals surface area contributed by atoms with Gasteiger partial charge >= 0.3 is 17.1 Å². The SMILES string of the molecule is O=S(=O)([O-])[O-].[Fe].[Mn+2]. The van der Waals surface area contributed by atoms with Crippen molar-refractivity contribution >= 4 is 10.4 Å². The molecule has 0 aliphatic carbocycles. The minimum absolute atomic E-state index is 0. The van der Waals surface area contributed by atoms with Crippen molar-refractivity contribution in [2.75, 3.05) is 0 Å². The molecular weight excluding hydrogens is 207 g/mol. The van der Waals surface area contributed by atoms with Crippen molar-refractivity contribution in [3.63, 3.8) is 0 Å². The van der Waals surface area contributed by atoms with E-state index in [2.05, 4.69) is 0 Å². The largest absolute Gasteiger partial charge is 2.00 e. The van der Waals surface area contributed by atoms with Crippen LogP contribution < -0.4 is 0 Å². The molecule has 0 atom stereocenters. The van der Waals surface area contributed by atoms with E-state index in [4.69, 9.17) is 17.5 Å². The number of hydrogen-bond acceptors (Lipinski definition) is 4. The molecule has 0 rings (SSSR count). The molecule has 0 amide bonds. The summed E-state index contributed by atoms with van der Waals surface area (Å²) in [7, 11) is -5.17. The van der Waals surface area contributed by atoms with Crippen molar-refractivity contribution in [2.24, 2.45) is 0 Å². The molecule has 0 N–H and O–H groups in total. The number of hydrogen-bond donors (Lipinski definition) is 0. The monoisotopic (exact) mass is 207 g/mol. The molecule has 7 heteroatoms. The quantitative estimate of drug-likeness (QED) is 0.279. The fourth-order valence-corrected chi connectivity index (χ4v) is 0. The first kappa shape index (κ1) is 15.7.